The molecule has 0 spiro atoms. The van der Waals surface area contributed by atoms with Gasteiger partial charge in [-0.05, 0) is 50.8 Å². The minimum absolute atomic E-state index is 0.255. The molecule has 1 amide bonds. The molecule has 1 fully saturated rings. The lowest BCUT2D eigenvalue weighted by atomic mass is 9.93. The molecule has 2 aromatic rings. The van der Waals surface area contributed by atoms with E-state index in [0.717, 1.165) is 45.4 Å². The van der Waals surface area contributed by atoms with Gasteiger partial charge in [-0.3, -0.25) is 14.4 Å². The topological polar surface area (TPSA) is 41.4 Å². The zero-order valence-electron chi connectivity index (χ0n) is 16.0. The number of aryl methyl sites for hydroxylation is 2. The van der Waals surface area contributed by atoms with Crippen molar-refractivity contribution < 1.29 is 4.79 Å². The zero-order valence-corrected chi connectivity index (χ0v) is 16.0. The molecule has 1 saturated heterocycles. The van der Waals surface area contributed by atoms with Gasteiger partial charge in [0.15, 0.2) is 0 Å². The van der Waals surface area contributed by atoms with Crippen molar-refractivity contribution in [3.05, 3.63) is 53.9 Å². The summed E-state index contributed by atoms with van der Waals surface area (Å²) in [6, 6.07) is 10.5. The van der Waals surface area contributed by atoms with Gasteiger partial charge in [-0.1, -0.05) is 29.8 Å². The van der Waals surface area contributed by atoms with Crippen LogP contribution in [0.15, 0.2) is 42.7 Å². The SMILES string of the molecule is Cc1ccc(CN(C)CC(=O)N2CCC(CCn3cccn3)CC2)cc1. The molecule has 0 unspecified atom stereocenters. The number of aromatic nitrogens is 2. The molecule has 0 radical (unpaired) electrons. The number of likely N-dealkylation sites (tertiary alicyclic amines) is 1. The Morgan fingerprint density at radius 2 is 1.96 bits per heavy atom. The monoisotopic (exact) mass is 354 g/mol. The van der Waals surface area contributed by atoms with Crippen LogP contribution in [0.5, 0.6) is 0 Å². The van der Waals surface area contributed by atoms with E-state index in [1.807, 2.05) is 35.1 Å². The van der Waals surface area contributed by atoms with Gasteiger partial charge in [0.2, 0.25) is 5.91 Å². The minimum atomic E-state index is 0.255. The van der Waals surface area contributed by atoms with E-state index in [9.17, 15) is 4.79 Å². The Balaban J connectivity index is 1.38. The van der Waals surface area contributed by atoms with Crippen molar-refractivity contribution in [3.63, 3.8) is 0 Å². The largest absolute Gasteiger partial charge is 0.342 e. The third kappa shape index (κ3) is 5.43. The Bertz CT molecular complexity index is 673. The summed E-state index contributed by atoms with van der Waals surface area (Å²) in [5.74, 6) is 0.957. The summed E-state index contributed by atoms with van der Waals surface area (Å²) in [5.41, 5.74) is 2.52. The predicted octanol–water partition coefficient (Wildman–Crippen LogP) is 2.95. The van der Waals surface area contributed by atoms with Crippen LogP contribution in [0.4, 0.5) is 0 Å². The minimum Gasteiger partial charge on any atom is -0.342 e. The van der Waals surface area contributed by atoms with Crippen molar-refractivity contribution in [2.24, 2.45) is 5.92 Å². The first kappa shape index (κ1) is 18.6. The van der Waals surface area contributed by atoms with Crippen LogP contribution in [-0.4, -0.2) is 52.2 Å². The maximum absolute atomic E-state index is 12.6. The van der Waals surface area contributed by atoms with Crippen LogP contribution < -0.4 is 0 Å². The second-order valence-electron chi connectivity index (χ2n) is 7.54. The summed E-state index contributed by atoms with van der Waals surface area (Å²) in [4.78, 5) is 16.7. The average molecular weight is 354 g/mol. The molecule has 26 heavy (non-hydrogen) atoms. The van der Waals surface area contributed by atoms with Crippen LogP contribution in [0.3, 0.4) is 0 Å². The number of nitrogens with zero attached hydrogens (tertiary/aromatic N) is 4. The van der Waals surface area contributed by atoms with Crippen molar-refractivity contribution in [2.75, 3.05) is 26.7 Å². The Morgan fingerprint density at radius 3 is 2.62 bits per heavy atom. The lowest BCUT2D eigenvalue weighted by Crippen LogP contribution is -2.43. The smallest absolute Gasteiger partial charge is 0.236 e. The van der Waals surface area contributed by atoms with E-state index in [2.05, 4.69) is 41.2 Å². The standard InChI is InChI=1S/C21H30N4O/c1-18-4-6-20(7-5-18)16-23(2)17-21(26)24-13-8-19(9-14-24)10-15-25-12-3-11-22-25/h3-7,11-12,19H,8-10,13-17H2,1-2H3. The molecule has 1 aromatic carbocycles. The van der Waals surface area contributed by atoms with Gasteiger partial charge in [-0.25, -0.2) is 0 Å². The molecule has 1 aliphatic heterocycles. The number of carbonyl (C=O) groups excluding carboxylic acids is 1. The fourth-order valence-electron chi connectivity index (χ4n) is 3.61. The van der Waals surface area contributed by atoms with Crippen molar-refractivity contribution in [2.45, 2.75) is 39.3 Å². The van der Waals surface area contributed by atoms with Gasteiger partial charge >= 0.3 is 0 Å². The van der Waals surface area contributed by atoms with Crippen LogP contribution in [0.1, 0.15) is 30.4 Å². The third-order valence-corrected chi connectivity index (χ3v) is 5.27. The number of hydrogen-bond acceptors (Lipinski definition) is 3. The Hall–Kier alpha value is -2.14. The first-order chi connectivity index (χ1) is 12.6. The van der Waals surface area contributed by atoms with Gasteiger partial charge in [0, 0.05) is 38.6 Å². The molecule has 140 valence electrons. The molecule has 0 aliphatic carbocycles. The van der Waals surface area contributed by atoms with E-state index in [4.69, 9.17) is 0 Å². The summed E-state index contributed by atoms with van der Waals surface area (Å²) >= 11 is 0. The van der Waals surface area contributed by atoms with E-state index in [1.165, 1.54) is 11.1 Å². The number of rotatable bonds is 7. The van der Waals surface area contributed by atoms with E-state index in [1.54, 1.807) is 0 Å². The highest BCUT2D eigenvalue weighted by atomic mass is 16.2. The molecule has 1 aromatic heterocycles. The summed E-state index contributed by atoms with van der Waals surface area (Å²) in [7, 11) is 2.02. The molecular formula is C21H30N4O. The van der Waals surface area contributed by atoms with Gasteiger partial charge < -0.3 is 4.90 Å². The predicted molar refractivity (Wildman–Crippen MR) is 104 cm³/mol. The molecule has 3 rings (SSSR count). The average Bonchev–Trinajstić information content (AvgIpc) is 3.16. The lowest BCUT2D eigenvalue weighted by molar-refractivity contribution is -0.133. The molecular weight excluding hydrogens is 324 g/mol. The van der Waals surface area contributed by atoms with Gasteiger partial charge in [0.1, 0.15) is 0 Å². The second kappa shape index (κ2) is 8.99. The van der Waals surface area contributed by atoms with Gasteiger partial charge in [-0.15, -0.1) is 0 Å². The molecule has 5 heteroatoms. The summed E-state index contributed by atoms with van der Waals surface area (Å²) in [6.07, 6.45) is 7.21. The maximum atomic E-state index is 12.6. The molecule has 5 nitrogen and oxygen atoms in total. The van der Waals surface area contributed by atoms with Gasteiger partial charge in [0.05, 0.1) is 6.54 Å². The quantitative estimate of drug-likeness (QED) is 0.768. The lowest BCUT2D eigenvalue weighted by Gasteiger charge is -2.33. The normalized spacial score (nSPS) is 15.6. The molecule has 0 bridgehead atoms. The number of carbonyl (C=O) groups is 1. The highest BCUT2D eigenvalue weighted by Crippen LogP contribution is 2.21. The molecule has 0 atom stereocenters. The van der Waals surface area contributed by atoms with E-state index >= 15 is 0 Å². The van der Waals surface area contributed by atoms with E-state index < -0.39 is 0 Å². The molecule has 1 aliphatic rings. The Morgan fingerprint density at radius 1 is 1.23 bits per heavy atom. The highest BCUT2D eigenvalue weighted by Gasteiger charge is 2.23. The highest BCUT2D eigenvalue weighted by molar-refractivity contribution is 5.78. The molecule has 2 heterocycles. The number of piperidine rings is 1. The van der Waals surface area contributed by atoms with E-state index in [0.29, 0.717) is 12.5 Å². The third-order valence-electron chi connectivity index (χ3n) is 5.27. The van der Waals surface area contributed by atoms with Crippen molar-refractivity contribution in [1.29, 1.82) is 0 Å². The first-order valence-corrected chi connectivity index (χ1v) is 9.59. The molecule has 0 N–H and O–H groups in total. The van der Waals surface area contributed by atoms with Crippen molar-refractivity contribution in [1.82, 2.24) is 19.6 Å². The fourth-order valence-corrected chi connectivity index (χ4v) is 3.61. The van der Waals surface area contributed by atoms with Crippen LogP contribution in [0.25, 0.3) is 0 Å². The Kier molecular flexibility index (Phi) is 6.45. The zero-order chi connectivity index (χ0) is 18.4. The summed E-state index contributed by atoms with van der Waals surface area (Å²) < 4.78 is 2.00. The second-order valence-corrected chi connectivity index (χ2v) is 7.54. The van der Waals surface area contributed by atoms with Crippen LogP contribution in [0.2, 0.25) is 0 Å². The summed E-state index contributed by atoms with van der Waals surface area (Å²) in [6.45, 7) is 6.15. The van der Waals surface area contributed by atoms with Crippen LogP contribution in [-0.2, 0) is 17.9 Å². The fraction of sp³-hybridized carbons (Fsp3) is 0.524. The number of benzene rings is 1. The van der Waals surface area contributed by atoms with Crippen molar-refractivity contribution >= 4 is 5.91 Å². The first-order valence-electron chi connectivity index (χ1n) is 9.59. The Labute approximate surface area is 156 Å². The number of likely N-dealkylation sites (N-methyl/N-ethyl adjacent to an activating group) is 1. The van der Waals surface area contributed by atoms with E-state index in [-0.39, 0.29) is 5.91 Å². The number of hydrogen-bond donors (Lipinski definition) is 0. The van der Waals surface area contributed by atoms with Crippen molar-refractivity contribution in [3.8, 4) is 0 Å². The summed E-state index contributed by atoms with van der Waals surface area (Å²) in [5, 5.41) is 4.26. The van der Waals surface area contributed by atoms with Gasteiger partial charge in [-0.2, -0.15) is 5.10 Å². The molecule has 0 saturated carbocycles. The van der Waals surface area contributed by atoms with Crippen LogP contribution >= 0.6 is 0 Å². The van der Waals surface area contributed by atoms with Crippen LogP contribution in [0, 0.1) is 12.8 Å². The maximum Gasteiger partial charge on any atom is 0.236 e. The number of amides is 1. The van der Waals surface area contributed by atoms with Gasteiger partial charge in [0.25, 0.3) is 0 Å².